The van der Waals surface area contributed by atoms with Gasteiger partial charge in [-0.1, -0.05) is 61.1 Å². The van der Waals surface area contributed by atoms with Crippen LogP contribution in [0, 0.1) is 0 Å². The molecule has 148 valence electrons. The number of aromatic nitrogens is 3. The highest BCUT2D eigenvalue weighted by Crippen LogP contribution is 2.34. The Kier molecular flexibility index (Phi) is 6.48. The first-order chi connectivity index (χ1) is 13.5. The van der Waals surface area contributed by atoms with Crippen molar-refractivity contribution in [3.05, 3.63) is 54.6 Å². The summed E-state index contributed by atoms with van der Waals surface area (Å²) in [5.74, 6) is 1.03. The SMILES string of the molecule is CCN(CC)S(=O)(=O)c1ccc(S[C@@H](C)c2nc(-c3ccccc3)no2)nc1. The topological polar surface area (TPSA) is 89.2 Å². The Hall–Kier alpha value is -2.23. The van der Waals surface area contributed by atoms with Crippen molar-refractivity contribution in [1.29, 1.82) is 0 Å². The van der Waals surface area contributed by atoms with E-state index in [9.17, 15) is 8.42 Å². The fourth-order valence-corrected chi connectivity index (χ4v) is 4.86. The zero-order valence-electron chi connectivity index (χ0n) is 15.9. The monoisotopic (exact) mass is 418 g/mol. The van der Waals surface area contributed by atoms with E-state index in [1.165, 1.54) is 22.3 Å². The average Bonchev–Trinajstić information content (AvgIpc) is 3.20. The fraction of sp³-hybridized carbons (Fsp3) is 0.316. The molecule has 0 bridgehead atoms. The van der Waals surface area contributed by atoms with Crippen LogP contribution in [-0.4, -0.2) is 40.9 Å². The molecule has 0 unspecified atom stereocenters. The first-order valence-corrected chi connectivity index (χ1v) is 11.3. The first kappa shape index (κ1) is 20.5. The second-order valence-electron chi connectivity index (χ2n) is 6.00. The molecule has 1 aromatic carbocycles. The lowest BCUT2D eigenvalue weighted by Crippen LogP contribution is -2.30. The number of hydrogen-bond acceptors (Lipinski definition) is 7. The summed E-state index contributed by atoms with van der Waals surface area (Å²) in [6, 6.07) is 12.9. The van der Waals surface area contributed by atoms with Gasteiger partial charge in [0.05, 0.1) is 10.3 Å². The predicted octanol–water partition coefficient (Wildman–Crippen LogP) is 4.02. The molecular formula is C19H22N4O3S2. The van der Waals surface area contributed by atoms with Crippen LogP contribution in [0.1, 0.15) is 31.9 Å². The van der Waals surface area contributed by atoms with Crippen LogP contribution in [0.15, 0.2) is 63.1 Å². The number of nitrogens with zero attached hydrogens (tertiary/aromatic N) is 4. The van der Waals surface area contributed by atoms with Gasteiger partial charge in [-0.25, -0.2) is 13.4 Å². The van der Waals surface area contributed by atoms with E-state index >= 15 is 0 Å². The molecule has 0 saturated heterocycles. The number of hydrogen-bond donors (Lipinski definition) is 0. The molecule has 9 heteroatoms. The maximum absolute atomic E-state index is 12.5. The summed E-state index contributed by atoms with van der Waals surface area (Å²) >= 11 is 1.43. The van der Waals surface area contributed by atoms with Crippen LogP contribution in [0.25, 0.3) is 11.4 Å². The van der Waals surface area contributed by atoms with Gasteiger partial charge in [-0.2, -0.15) is 9.29 Å². The zero-order chi connectivity index (χ0) is 20.1. The first-order valence-electron chi connectivity index (χ1n) is 8.97. The van der Waals surface area contributed by atoms with E-state index in [0.29, 0.717) is 29.8 Å². The second kappa shape index (κ2) is 8.85. The van der Waals surface area contributed by atoms with Gasteiger partial charge in [-0.05, 0) is 19.1 Å². The second-order valence-corrected chi connectivity index (χ2v) is 9.30. The normalized spacial score (nSPS) is 13.0. The van der Waals surface area contributed by atoms with Crippen molar-refractivity contribution in [1.82, 2.24) is 19.4 Å². The predicted molar refractivity (Wildman–Crippen MR) is 108 cm³/mol. The van der Waals surface area contributed by atoms with Gasteiger partial charge in [-0.15, -0.1) is 0 Å². The molecule has 0 aliphatic carbocycles. The van der Waals surface area contributed by atoms with Crippen molar-refractivity contribution in [2.75, 3.05) is 13.1 Å². The Labute approximate surface area is 169 Å². The Bertz CT molecular complexity index is 1000. The summed E-state index contributed by atoms with van der Waals surface area (Å²) in [5, 5.41) is 4.59. The molecule has 0 aliphatic heterocycles. The molecule has 28 heavy (non-hydrogen) atoms. The summed E-state index contributed by atoms with van der Waals surface area (Å²) in [6.45, 7) is 6.42. The molecule has 3 rings (SSSR count). The molecule has 0 radical (unpaired) electrons. The molecule has 7 nitrogen and oxygen atoms in total. The molecular weight excluding hydrogens is 396 g/mol. The van der Waals surface area contributed by atoms with Crippen molar-refractivity contribution >= 4 is 21.8 Å². The Morgan fingerprint density at radius 3 is 2.43 bits per heavy atom. The molecule has 0 amide bonds. The summed E-state index contributed by atoms with van der Waals surface area (Å²) < 4.78 is 31.9. The minimum atomic E-state index is -3.51. The number of pyridine rings is 1. The molecule has 0 spiro atoms. The van der Waals surface area contributed by atoms with Crippen LogP contribution in [-0.2, 0) is 10.0 Å². The summed E-state index contributed by atoms with van der Waals surface area (Å²) in [5.41, 5.74) is 0.888. The maximum Gasteiger partial charge on any atom is 0.244 e. The number of sulfonamides is 1. The highest BCUT2D eigenvalue weighted by molar-refractivity contribution is 7.99. The van der Waals surface area contributed by atoms with Crippen LogP contribution in [0.2, 0.25) is 0 Å². The third-order valence-electron chi connectivity index (χ3n) is 4.17. The van der Waals surface area contributed by atoms with E-state index in [1.54, 1.807) is 12.1 Å². The van der Waals surface area contributed by atoms with E-state index in [0.717, 1.165) is 5.56 Å². The van der Waals surface area contributed by atoms with E-state index in [2.05, 4.69) is 15.1 Å². The minimum absolute atomic E-state index is 0.122. The lowest BCUT2D eigenvalue weighted by Gasteiger charge is -2.18. The highest BCUT2D eigenvalue weighted by atomic mass is 32.2. The highest BCUT2D eigenvalue weighted by Gasteiger charge is 2.22. The van der Waals surface area contributed by atoms with E-state index in [1.807, 2.05) is 51.1 Å². The standard InChI is InChI=1S/C19H22N4O3S2/c1-4-23(5-2)28(24,25)16-11-12-17(20-13-16)27-14(3)19-21-18(22-26-19)15-9-7-6-8-10-15/h6-14H,4-5H2,1-3H3/t14-/m0/s1. The van der Waals surface area contributed by atoms with Crippen LogP contribution >= 0.6 is 11.8 Å². The van der Waals surface area contributed by atoms with Crippen molar-refractivity contribution < 1.29 is 12.9 Å². The summed E-state index contributed by atoms with van der Waals surface area (Å²) in [7, 11) is -3.51. The van der Waals surface area contributed by atoms with Crippen molar-refractivity contribution in [2.45, 2.75) is 35.9 Å². The number of thioether (sulfide) groups is 1. The molecule has 1 atom stereocenters. The zero-order valence-corrected chi connectivity index (χ0v) is 17.6. The molecule has 3 aromatic rings. The molecule has 0 aliphatic rings. The van der Waals surface area contributed by atoms with Crippen molar-refractivity contribution in [3.63, 3.8) is 0 Å². The van der Waals surface area contributed by atoms with E-state index in [4.69, 9.17) is 4.52 Å². The van der Waals surface area contributed by atoms with Gasteiger partial charge < -0.3 is 4.52 Å². The van der Waals surface area contributed by atoms with Crippen molar-refractivity contribution in [3.8, 4) is 11.4 Å². The van der Waals surface area contributed by atoms with Gasteiger partial charge in [0.15, 0.2) is 0 Å². The van der Waals surface area contributed by atoms with Gasteiger partial charge >= 0.3 is 0 Å². The van der Waals surface area contributed by atoms with Gasteiger partial charge in [0, 0.05) is 24.8 Å². The molecule has 2 aromatic heterocycles. The quantitative estimate of drug-likeness (QED) is 0.511. The van der Waals surface area contributed by atoms with Crippen LogP contribution < -0.4 is 0 Å². The fourth-order valence-electron chi connectivity index (χ4n) is 2.64. The Morgan fingerprint density at radius 1 is 1.11 bits per heavy atom. The Balaban J connectivity index is 1.72. The minimum Gasteiger partial charge on any atom is -0.338 e. The number of benzene rings is 1. The van der Waals surface area contributed by atoms with Crippen LogP contribution in [0.4, 0.5) is 0 Å². The largest absolute Gasteiger partial charge is 0.338 e. The van der Waals surface area contributed by atoms with E-state index < -0.39 is 10.0 Å². The number of rotatable bonds is 8. The third kappa shape index (κ3) is 4.43. The maximum atomic E-state index is 12.5. The van der Waals surface area contributed by atoms with Gasteiger partial charge in [0.2, 0.25) is 21.7 Å². The molecule has 0 saturated carbocycles. The van der Waals surface area contributed by atoms with Gasteiger partial charge in [0.1, 0.15) is 4.90 Å². The van der Waals surface area contributed by atoms with Gasteiger partial charge in [0.25, 0.3) is 0 Å². The summed E-state index contributed by atoms with van der Waals surface area (Å²) in [4.78, 5) is 8.94. The molecule has 2 heterocycles. The Morgan fingerprint density at radius 2 is 1.82 bits per heavy atom. The smallest absolute Gasteiger partial charge is 0.244 e. The van der Waals surface area contributed by atoms with Crippen molar-refractivity contribution in [2.24, 2.45) is 0 Å². The third-order valence-corrected chi connectivity index (χ3v) is 7.24. The van der Waals surface area contributed by atoms with Gasteiger partial charge in [-0.3, -0.25) is 0 Å². The van der Waals surface area contributed by atoms with E-state index in [-0.39, 0.29) is 10.1 Å². The summed E-state index contributed by atoms with van der Waals surface area (Å²) in [6.07, 6.45) is 1.39. The van der Waals surface area contributed by atoms with Crippen LogP contribution in [0.5, 0.6) is 0 Å². The molecule has 0 fully saturated rings. The lowest BCUT2D eigenvalue weighted by atomic mass is 10.2. The lowest BCUT2D eigenvalue weighted by molar-refractivity contribution is 0.380. The molecule has 0 N–H and O–H groups in total. The van der Waals surface area contributed by atoms with Crippen LogP contribution in [0.3, 0.4) is 0 Å². The average molecular weight is 419 g/mol.